The molecule has 158 valence electrons. The van der Waals surface area contributed by atoms with Crippen molar-refractivity contribution < 1.29 is 17.6 Å². The van der Waals surface area contributed by atoms with Crippen LogP contribution in [0, 0.1) is 5.92 Å². The quantitative estimate of drug-likeness (QED) is 0.571. The van der Waals surface area contributed by atoms with Crippen molar-refractivity contribution in [2.45, 2.75) is 30.7 Å². The molecule has 1 aliphatic rings. The second kappa shape index (κ2) is 8.53. The molecular weight excluding hydrogens is 468 g/mol. The zero-order chi connectivity index (χ0) is 21.3. The van der Waals surface area contributed by atoms with Crippen LogP contribution in [0.5, 0.6) is 0 Å². The Bertz CT molecular complexity index is 1120. The monoisotopic (exact) mass is 490 g/mol. The summed E-state index contributed by atoms with van der Waals surface area (Å²) in [6.45, 7) is 2.47. The predicted molar refractivity (Wildman–Crippen MR) is 118 cm³/mol. The first-order valence-electron chi connectivity index (χ1n) is 9.89. The number of hydrogen-bond donors (Lipinski definition) is 1. The van der Waals surface area contributed by atoms with E-state index in [-0.39, 0.29) is 23.4 Å². The molecule has 1 N–H and O–H groups in total. The first-order valence-corrected chi connectivity index (χ1v) is 12.1. The number of fused-ring (bicyclic) bond motifs is 1. The first-order chi connectivity index (χ1) is 14.3. The number of nitrogens with one attached hydrogen (secondary N) is 1. The summed E-state index contributed by atoms with van der Waals surface area (Å²) >= 11 is 3.32. The predicted octanol–water partition coefficient (Wildman–Crippen LogP) is 4.47. The minimum Gasteiger partial charge on any atom is -0.459 e. The van der Waals surface area contributed by atoms with Crippen molar-refractivity contribution in [2.24, 2.45) is 5.92 Å². The van der Waals surface area contributed by atoms with Crippen molar-refractivity contribution in [3.05, 3.63) is 64.8 Å². The smallest absolute Gasteiger partial charge is 0.243 e. The van der Waals surface area contributed by atoms with Gasteiger partial charge in [-0.2, -0.15) is 4.31 Å². The number of para-hydroxylation sites is 1. The summed E-state index contributed by atoms with van der Waals surface area (Å²) in [5, 5.41) is 3.97. The lowest BCUT2D eigenvalue weighted by Gasteiger charge is -2.31. The van der Waals surface area contributed by atoms with E-state index in [0.717, 1.165) is 15.4 Å². The summed E-state index contributed by atoms with van der Waals surface area (Å²) in [6.07, 6.45) is 1.30. The molecule has 3 aromatic rings. The topological polar surface area (TPSA) is 79.6 Å². The molecule has 2 aromatic carbocycles. The van der Waals surface area contributed by atoms with Gasteiger partial charge < -0.3 is 9.73 Å². The maximum Gasteiger partial charge on any atom is 0.243 e. The zero-order valence-electron chi connectivity index (χ0n) is 16.5. The third-order valence-electron chi connectivity index (χ3n) is 5.44. The zero-order valence-corrected chi connectivity index (χ0v) is 18.9. The van der Waals surface area contributed by atoms with Crippen LogP contribution < -0.4 is 5.32 Å². The van der Waals surface area contributed by atoms with Crippen LogP contribution in [0.25, 0.3) is 11.0 Å². The van der Waals surface area contributed by atoms with Gasteiger partial charge in [0, 0.05) is 22.9 Å². The highest BCUT2D eigenvalue weighted by molar-refractivity contribution is 9.10. The largest absolute Gasteiger partial charge is 0.459 e. The summed E-state index contributed by atoms with van der Waals surface area (Å²) in [5.74, 6) is 0.133. The number of furan rings is 1. The Morgan fingerprint density at radius 2 is 1.93 bits per heavy atom. The van der Waals surface area contributed by atoms with E-state index in [1.807, 2.05) is 37.3 Å². The lowest BCUT2D eigenvalue weighted by Crippen LogP contribution is -2.45. The Labute approximate surface area is 184 Å². The van der Waals surface area contributed by atoms with E-state index in [9.17, 15) is 13.2 Å². The molecule has 2 atom stereocenters. The average Bonchev–Trinajstić information content (AvgIpc) is 3.19. The van der Waals surface area contributed by atoms with E-state index in [4.69, 9.17) is 4.42 Å². The molecule has 4 rings (SSSR count). The van der Waals surface area contributed by atoms with Crippen molar-refractivity contribution in [2.75, 3.05) is 13.1 Å². The average molecular weight is 491 g/mol. The molecule has 6 nitrogen and oxygen atoms in total. The van der Waals surface area contributed by atoms with Gasteiger partial charge in [0.05, 0.1) is 16.9 Å². The number of piperidine rings is 1. The van der Waals surface area contributed by atoms with E-state index < -0.39 is 15.9 Å². The van der Waals surface area contributed by atoms with Gasteiger partial charge in [-0.15, -0.1) is 0 Å². The van der Waals surface area contributed by atoms with E-state index in [2.05, 4.69) is 21.2 Å². The van der Waals surface area contributed by atoms with Crippen molar-refractivity contribution in [1.29, 1.82) is 0 Å². The SMILES string of the molecule is CC(NC(=O)C1CCCN(S(=O)(=O)c2ccc(Br)cc2)C1)c1cc2ccccc2o1. The van der Waals surface area contributed by atoms with Crippen molar-refractivity contribution in [3.63, 3.8) is 0 Å². The Hall–Kier alpha value is -2.16. The van der Waals surface area contributed by atoms with E-state index in [1.165, 1.54) is 4.31 Å². The van der Waals surface area contributed by atoms with Crippen molar-refractivity contribution in [3.8, 4) is 0 Å². The lowest BCUT2D eigenvalue weighted by molar-refractivity contribution is -0.126. The maximum absolute atomic E-state index is 13.0. The van der Waals surface area contributed by atoms with Gasteiger partial charge in [-0.25, -0.2) is 8.42 Å². The standard InChI is InChI=1S/C22H23BrN2O4S/c1-15(21-13-16-5-2-3-7-20(16)29-21)24-22(26)17-6-4-12-25(14-17)30(27,28)19-10-8-18(23)9-11-19/h2-3,5,7-11,13,15,17H,4,6,12,14H2,1H3,(H,24,26). The Kier molecular flexibility index (Phi) is 5.99. The molecule has 30 heavy (non-hydrogen) atoms. The molecule has 0 saturated carbocycles. The summed E-state index contributed by atoms with van der Waals surface area (Å²) in [5.41, 5.74) is 0.776. The third kappa shape index (κ3) is 4.31. The van der Waals surface area contributed by atoms with Crippen LogP contribution in [0.4, 0.5) is 0 Å². The summed E-state index contributed by atoms with van der Waals surface area (Å²) in [4.78, 5) is 13.1. The summed E-state index contributed by atoms with van der Waals surface area (Å²) in [7, 11) is -3.63. The fraction of sp³-hybridized carbons (Fsp3) is 0.318. The van der Waals surface area contributed by atoms with Crippen LogP contribution in [0.1, 0.15) is 31.6 Å². The third-order valence-corrected chi connectivity index (χ3v) is 7.84. The van der Waals surface area contributed by atoms with Crippen LogP contribution in [0.15, 0.2) is 68.4 Å². The van der Waals surface area contributed by atoms with Crippen LogP contribution in [0.2, 0.25) is 0 Å². The van der Waals surface area contributed by atoms with Gasteiger partial charge in [0.1, 0.15) is 11.3 Å². The van der Waals surface area contributed by atoms with Gasteiger partial charge in [0.15, 0.2) is 0 Å². The minimum atomic E-state index is -3.63. The number of nitrogens with zero attached hydrogens (tertiary/aromatic N) is 1. The lowest BCUT2D eigenvalue weighted by atomic mass is 9.98. The normalized spacial score (nSPS) is 18.9. The molecule has 2 unspecified atom stereocenters. The van der Waals surface area contributed by atoms with Crippen LogP contribution in [0.3, 0.4) is 0 Å². The van der Waals surface area contributed by atoms with Crippen LogP contribution >= 0.6 is 15.9 Å². The highest BCUT2D eigenvalue weighted by atomic mass is 79.9. The minimum absolute atomic E-state index is 0.154. The number of amides is 1. The maximum atomic E-state index is 13.0. The first kappa shape index (κ1) is 21.1. The van der Waals surface area contributed by atoms with Gasteiger partial charge in [-0.05, 0) is 56.2 Å². The number of halogens is 1. The molecule has 8 heteroatoms. The molecule has 0 radical (unpaired) electrons. The highest BCUT2D eigenvalue weighted by Gasteiger charge is 2.34. The molecule has 2 heterocycles. The molecule has 0 bridgehead atoms. The van der Waals surface area contributed by atoms with Crippen LogP contribution in [-0.2, 0) is 14.8 Å². The number of rotatable bonds is 5. The second-order valence-electron chi connectivity index (χ2n) is 7.57. The Morgan fingerprint density at radius 3 is 2.67 bits per heavy atom. The van der Waals surface area contributed by atoms with Crippen molar-refractivity contribution in [1.82, 2.24) is 9.62 Å². The van der Waals surface area contributed by atoms with Gasteiger partial charge in [0.2, 0.25) is 15.9 Å². The van der Waals surface area contributed by atoms with Gasteiger partial charge >= 0.3 is 0 Å². The van der Waals surface area contributed by atoms with Gasteiger partial charge in [0.25, 0.3) is 0 Å². The summed E-state index contributed by atoms with van der Waals surface area (Å²) < 4.78 is 34.0. The van der Waals surface area contributed by atoms with E-state index in [1.54, 1.807) is 24.3 Å². The fourth-order valence-corrected chi connectivity index (χ4v) is 5.54. The van der Waals surface area contributed by atoms with E-state index in [0.29, 0.717) is 25.1 Å². The van der Waals surface area contributed by atoms with Gasteiger partial charge in [-0.1, -0.05) is 34.1 Å². The summed E-state index contributed by atoms with van der Waals surface area (Å²) in [6, 6.07) is 15.9. The number of benzene rings is 2. The van der Waals surface area contributed by atoms with Crippen LogP contribution in [-0.4, -0.2) is 31.7 Å². The highest BCUT2D eigenvalue weighted by Crippen LogP contribution is 2.27. The molecule has 0 aliphatic carbocycles. The van der Waals surface area contributed by atoms with Crippen molar-refractivity contribution >= 4 is 42.8 Å². The van der Waals surface area contributed by atoms with E-state index >= 15 is 0 Å². The van der Waals surface area contributed by atoms with Gasteiger partial charge in [-0.3, -0.25) is 4.79 Å². The Balaban J connectivity index is 1.44. The number of hydrogen-bond acceptors (Lipinski definition) is 4. The Morgan fingerprint density at radius 1 is 1.20 bits per heavy atom. The molecule has 1 fully saturated rings. The molecule has 1 amide bonds. The number of sulfonamides is 1. The molecule has 1 saturated heterocycles. The molecule has 1 aromatic heterocycles. The molecule has 1 aliphatic heterocycles. The number of carbonyl (C=O) groups is 1. The number of carbonyl (C=O) groups excluding carboxylic acids is 1. The molecular formula is C22H23BrN2O4S. The second-order valence-corrected chi connectivity index (χ2v) is 10.4. The fourth-order valence-electron chi connectivity index (χ4n) is 3.75. The molecule has 0 spiro atoms.